The van der Waals surface area contributed by atoms with Crippen LogP contribution in [0.25, 0.3) is 0 Å². The fraction of sp³-hybridized carbons (Fsp3) is 0.706. The van der Waals surface area contributed by atoms with Crippen molar-refractivity contribution < 1.29 is 14.7 Å². The Morgan fingerprint density at radius 3 is 2.60 bits per heavy atom. The molecule has 1 aromatic rings. The highest BCUT2D eigenvalue weighted by Gasteiger charge is 2.39. The third kappa shape index (κ3) is 4.19. The molecule has 1 saturated heterocycles. The van der Waals surface area contributed by atoms with Crippen LogP contribution >= 0.6 is 0 Å². The molecule has 0 spiro atoms. The van der Waals surface area contributed by atoms with Crippen LogP contribution in [0.2, 0.25) is 0 Å². The van der Waals surface area contributed by atoms with E-state index in [1.807, 2.05) is 18.0 Å². The first-order valence-corrected chi connectivity index (χ1v) is 8.90. The van der Waals surface area contributed by atoms with Crippen LogP contribution < -0.4 is 5.32 Å². The lowest BCUT2D eigenvalue weighted by atomic mass is 10.1. The van der Waals surface area contributed by atoms with Gasteiger partial charge in [-0.3, -0.25) is 19.2 Å². The zero-order valence-corrected chi connectivity index (χ0v) is 14.9. The van der Waals surface area contributed by atoms with Crippen molar-refractivity contribution >= 4 is 11.8 Å². The van der Waals surface area contributed by atoms with Crippen LogP contribution in [0.3, 0.4) is 0 Å². The molecule has 0 radical (unpaired) electrons. The van der Waals surface area contributed by atoms with E-state index in [1.165, 1.54) is 0 Å². The summed E-state index contributed by atoms with van der Waals surface area (Å²) in [5, 5.41) is 17.7. The Hall–Kier alpha value is -1.93. The van der Waals surface area contributed by atoms with Crippen LogP contribution in [0.15, 0.2) is 12.4 Å². The molecule has 8 heteroatoms. The number of nitrogens with one attached hydrogen (secondary N) is 1. The molecule has 2 N–H and O–H groups in total. The van der Waals surface area contributed by atoms with Gasteiger partial charge in [0, 0.05) is 45.3 Å². The van der Waals surface area contributed by atoms with Crippen molar-refractivity contribution in [2.45, 2.75) is 51.4 Å². The summed E-state index contributed by atoms with van der Waals surface area (Å²) < 4.78 is 1.60. The van der Waals surface area contributed by atoms with Crippen LogP contribution in [0, 0.1) is 6.92 Å². The molecule has 25 heavy (non-hydrogen) atoms. The van der Waals surface area contributed by atoms with Gasteiger partial charge in [0.15, 0.2) is 0 Å². The third-order valence-electron chi connectivity index (χ3n) is 5.22. The van der Waals surface area contributed by atoms with Gasteiger partial charge in [-0.1, -0.05) is 0 Å². The van der Waals surface area contributed by atoms with Gasteiger partial charge in [0.1, 0.15) is 6.54 Å². The minimum absolute atomic E-state index is 0.0476. The Balaban J connectivity index is 1.49. The summed E-state index contributed by atoms with van der Waals surface area (Å²) in [4.78, 5) is 27.7. The van der Waals surface area contributed by atoms with Crippen molar-refractivity contribution in [1.29, 1.82) is 0 Å². The van der Waals surface area contributed by atoms with Gasteiger partial charge in [0.25, 0.3) is 0 Å². The second kappa shape index (κ2) is 7.53. The van der Waals surface area contributed by atoms with Crippen LogP contribution in [-0.2, 0) is 16.1 Å². The molecule has 138 valence electrons. The Morgan fingerprint density at radius 1 is 1.28 bits per heavy atom. The second-order valence-electron chi connectivity index (χ2n) is 7.07. The SMILES string of the molecule is CC(=O)N1CCN([C@@H]2CC[C@@H](NC(=O)Cn3cc(C)cn3)[C@H]2O)CC1. The zero-order valence-electron chi connectivity index (χ0n) is 14.9. The highest BCUT2D eigenvalue weighted by molar-refractivity contribution is 5.76. The van der Waals surface area contributed by atoms with Gasteiger partial charge in [0.2, 0.25) is 11.8 Å². The minimum Gasteiger partial charge on any atom is -0.389 e. The highest BCUT2D eigenvalue weighted by atomic mass is 16.3. The molecule has 2 heterocycles. The summed E-state index contributed by atoms with van der Waals surface area (Å²) in [5.74, 6) is -0.0279. The van der Waals surface area contributed by atoms with Gasteiger partial charge < -0.3 is 15.3 Å². The Bertz CT molecular complexity index is 624. The summed E-state index contributed by atoms with van der Waals surface area (Å²) in [5.41, 5.74) is 1.01. The van der Waals surface area contributed by atoms with Crippen molar-refractivity contribution in [1.82, 2.24) is 24.9 Å². The molecule has 3 rings (SSSR count). The molecule has 0 bridgehead atoms. The quantitative estimate of drug-likeness (QED) is 0.755. The Kier molecular flexibility index (Phi) is 5.39. The molecule has 8 nitrogen and oxygen atoms in total. The van der Waals surface area contributed by atoms with Crippen LogP contribution in [-0.4, -0.2) is 80.9 Å². The normalized spacial score (nSPS) is 27.5. The predicted molar refractivity (Wildman–Crippen MR) is 91.8 cm³/mol. The molecular weight excluding hydrogens is 322 g/mol. The van der Waals surface area contributed by atoms with Crippen molar-refractivity contribution in [2.24, 2.45) is 0 Å². The Labute approximate surface area is 147 Å². The van der Waals surface area contributed by atoms with Gasteiger partial charge >= 0.3 is 0 Å². The smallest absolute Gasteiger partial charge is 0.242 e. The molecule has 1 aliphatic carbocycles. The summed E-state index contributed by atoms with van der Waals surface area (Å²) in [6.07, 6.45) is 4.58. The van der Waals surface area contributed by atoms with E-state index < -0.39 is 6.10 Å². The highest BCUT2D eigenvalue weighted by Crippen LogP contribution is 2.26. The van der Waals surface area contributed by atoms with E-state index in [4.69, 9.17) is 0 Å². The number of rotatable bonds is 4. The molecule has 3 atom stereocenters. The zero-order chi connectivity index (χ0) is 18.0. The van der Waals surface area contributed by atoms with E-state index in [2.05, 4.69) is 15.3 Å². The lowest BCUT2D eigenvalue weighted by Crippen LogP contribution is -2.55. The topological polar surface area (TPSA) is 90.7 Å². The average Bonchev–Trinajstić information content (AvgIpc) is 3.14. The summed E-state index contributed by atoms with van der Waals surface area (Å²) >= 11 is 0. The van der Waals surface area contributed by atoms with Crippen molar-refractivity contribution in [3.8, 4) is 0 Å². The number of piperazine rings is 1. The van der Waals surface area contributed by atoms with Crippen LogP contribution in [0.5, 0.6) is 0 Å². The van der Waals surface area contributed by atoms with E-state index in [0.717, 1.165) is 31.5 Å². The summed E-state index contributed by atoms with van der Waals surface area (Å²) in [6, 6.07) is -0.175. The maximum atomic E-state index is 12.2. The predicted octanol–water partition coefficient (Wildman–Crippen LogP) is -0.636. The number of carbonyl (C=O) groups excluding carboxylic acids is 2. The van der Waals surface area contributed by atoms with E-state index in [1.54, 1.807) is 17.8 Å². The van der Waals surface area contributed by atoms with Gasteiger partial charge in [-0.15, -0.1) is 0 Å². The van der Waals surface area contributed by atoms with E-state index in [-0.39, 0.29) is 30.4 Å². The first kappa shape index (κ1) is 17.9. The average molecular weight is 349 g/mol. The van der Waals surface area contributed by atoms with Crippen LogP contribution in [0.1, 0.15) is 25.3 Å². The Morgan fingerprint density at radius 2 is 2.00 bits per heavy atom. The number of hydrogen-bond acceptors (Lipinski definition) is 5. The maximum Gasteiger partial charge on any atom is 0.242 e. The summed E-state index contributed by atoms with van der Waals surface area (Å²) in [7, 11) is 0. The molecule has 2 fully saturated rings. The summed E-state index contributed by atoms with van der Waals surface area (Å²) in [6.45, 7) is 6.63. The molecule has 1 aromatic heterocycles. The number of aliphatic hydroxyl groups excluding tert-OH is 1. The number of aliphatic hydroxyl groups is 1. The number of carbonyl (C=O) groups is 2. The third-order valence-corrected chi connectivity index (χ3v) is 5.22. The van der Waals surface area contributed by atoms with E-state index in [9.17, 15) is 14.7 Å². The molecule has 1 aliphatic heterocycles. The van der Waals surface area contributed by atoms with Gasteiger partial charge in [-0.25, -0.2) is 0 Å². The van der Waals surface area contributed by atoms with Gasteiger partial charge in [-0.05, 0) is 25.3 Å². The fourth-order valence-electron chi connectivity index (χ4n) is 3.84. The van der Waals surface area contributed by atoms with Crippen LogP contribution in [0.4, 0.5) is 0 Å². The van der Waals surface area contributed by atoms with Gasteiger partial charge in [0.05, 0.1) is 18.3 Å². The largest absolute Gasteiger partial charge is 0.389 e. The molecular formula is C17H27N5O3. The fourth-order valence-corrected chi connectivity index (χ4v) is 3.84. The van der Waals surface area contributed by atoms with E-state index >= 15 is 0 Å². The van der Waals surface area contributed by atoms with E-state index in [0.29, 0.717) is 13.1 Å². The molecule has 2 aliphatic rings. The molecule has 0 aromatic carbocycles. The number of aryl methyl sites for hydroxylation is 1. The van der Waals surface area contributed by atoms with Crippen molar-refractivity contribution in [3.05, 3.63) is 18.0 Å². The van der Waals surface area contributed by atoms with Crippen molar-refractivity contribution in [3.63, 3.8) is 0 Å². The number of aromatic nitrogens is 2. The number of nitrogens with zero attached hydrogens (tertiary/aromatic N) is 4. The monoisotopic (exact) mass is 349 g/mol. The standard InChI is InChI=1S/C17H27N5O3/c1-12-9-18-22(10-12)11-16(24)19-14-3-4-15(17(14)25)21-7-5-20(6-8-21)13(2)23/h9-10,14-15,17,25H,3-8,11H2,1-2H3,(H,19,24)/t14-,15-,17-/m1/s1. The maximum absolute atomic E-state index is 12.2. The molecule has 0 unspecified atom stereocenters. The second-order valence-corrected chi connectivity index (χ2v) is 7.07. The first-order chi connectivity index (χ1) is 11.9. The first-order valence-electron chi connectivity index (χ1n) is 8.90. The van der Waals surface area contributed by atoms with Gasteiger partial charge in [-0.2, -0.15) is 5.10 Å². The molecule has 2 amide bonds. The molecule has 1 saturated carbocycles. The number of amides is 2. The lowest BCUT2D eigenvalue weighted by molar-refractivity contribution is -0.131. The number of hydrogen-bond donors (Lipinski definition) is 2. The lowest BCUT2D eigenvalue weighted by Gasteiger charge is -2.39. The van der Waals surface area contributed by atoms with Crippen molar-refractivity contribution in [2.75, 3.05) is 26.2 Å². The minimum atomic E-state index is -0.577.